The molecule has 3 N–H and O–H groups in total. The minimum Gasteiger partial charge on any atom is -0.382 e. The molecule has 0 aliphatic heterocycles. The van der Waals surface area contributed by atoms with Gasteiger partial charge < -0.3 is 11.1 Å². The largest absolute Gasteiger partial charge is 0.382 e. The number of nitrogens with two attached hydrogens (primary N) is 1. The normalized spacial score (nSPS) is 10.3. The van der Waals surface area contributed by atoms with Gasteiger partial charge in [0.1, 0.15) is 11.6 Å². The Morgan fingerprint density at radius 1 is 1.25 bits per heavy atom. The first-order valence-corrected chi connectivity index (χ1v) is 6.42. The van der Waals surface area contributed by atoms with E-state index >= 15 is 0 Å². The first-order chi connectivity index (χ1) is 7.74. The topological polar surface area (TPSA) is 63.8 Å². The molecule has 0 aliphatic carbocycles. The highest BCUT2D eigenvalue weighted by Crippen LogP contribution is 2.22. The number of thiophene rings is 1. The van der Waals surface area contributed by atoms with Gasteiger partial charge in [0.2, 0.25) is 0 Å². The molecule has 6 heteroatoms. The van der Waals surface area contributed by atoms with Gasteiger partial charge in [-0.05, 0) is 46.6 Å². The van der Waals surface area contributed by atoms with Gasteiger partial charge in [-0.25, -0.2) is 0 Å². The minimum absolute atomic E-state index is 0.438. The van der Waals surface area contributed by atoms with Gasteiger partial charge in [-0.3, -0.25) is 0 Å². The summed E-state index contributed by atoms with van der Waals surface area (Å²) < 4.78 is 1.16. The van der Waals surface area contributed by atoms with E-state index in [2.05, 4.69) is 43.6 Å². The zero-order valence-electron chi connectivity index (χ0n) is 8.48. The lowest BCUT2D eigenvalue weighted by molar-refractivity contribution is 0.982. The predicted molar refractivity (Wildman–Crippen MR) is 70.7 cm³/mol. The zero-order valence-corrected chi connectivity index (χ0v) is 10.9. The van der Waals surface area contributed by atoms with Crippen LogP contribution in [0.1, 0.15) is 4.88 Å². The second-order valence-corrected chi connectivity index (χ2v) is 5.77. The van der Waals surface area contributed by atoms with Crippen molar-refractivity contribution in [1.82, 2.24) is 10.2 Å². The molecule has 0 aromatic carbocycles. The second-order valence-electron chi connectivity index (χ2n) is 3.23. The fourth-order valence-electron chi connectivity index (χ4n) is 1.24. The van der Waals surface area contributed by atoms with Crippen LogP contribution in [0.4, 0.5) is 11.6 Å². The van der Waals surface area contributed by atoms with Gasteiger partial charge in [-0.2, -0.15) is 0 Å². The maximum atomic E-state index is 5.44. The Morgan fingerprint density at radius 2 is 2.12 bits per heavy atom. The SMILES string of the molecule is Nc1ccc(NCCc2ccc(Br)s2)nn1. The number of nitrogen functional groups attached to an aromatic ring is 1. The number of hydrogen-bond acceptors (Lipinski definition) is 5. The average molecular weight is 299 g/mol. The van der Waals surface area contributed by atoms with Gasteiger partial charge in [0.15, 0.2) is 0 Å². The number of anilines is 2. The van der Waals surface area contributed by atoms with Crippen LogP contribution in [0.2, 0.25) is 0 Å². The van der Waals surface area contributed by atoms with E-state index in [1.54, 1.807) is 17.4 Å². The van der Waals surface area contributed by atoms with E-state index in [1.165, 1.54) is 4.88 Å². The number of aromatic nitrogens is 2. The van der Waals surface area contributed by atoms with Gasteiger partial charge in [0, 0.05) is 11.4 Å². The summed E-state index contributed by atoms with van der Waals surface area (Å²) in [5.74, 6) is 1.19. The third-order valence-electron chi connectivity index (χ3n) is 1.99. The van der Waals surface area contributed by atoms with Crippen molar-refractivity contribution < 1.29 is 0 Å². The fourth-order valence-corrected chi connectivity index (χ4v) is 2.72. The molecule has 2 heterocycles. The molecule has 0 radical (unpaired) electrons. The van der Waals surface area contributed by atoms with Crippen LogP contribution in [0, 0.1) is 0 Å². The van der Waals surface area contributed by atoms with Gasteiger partial charge in [-0.15, -0.1) is 21.5 Å². The number of rotatable bonds is 4. The zero-order chi connectivity index (χ0) is 11.4. The standard InChI is InChI=1S/C10H11BrN4S/c11-8-2-1-7(16-8)5-6-13-10-4-3-9(12)14-15-10/h1-4H,5-6H2,(H2,12,14)(H,13,15). The summed E-state index contributed by atoms with van der Waals surface area (Å²) in [5.41, 5.74) is 5.44. The van der Waals surface area contributed by atoms with Crippen LogP contribution >= 0.6 is 27.3 Å². The highest BCUT2D eigenvalue weighted by atomic mass is 79.9. The molecule has 84 valence electrons. The van der Waals surface area contributed by atoms with Gasteiger partial charge in [0.25, 0.3) is 0 Å². The second kappa shape index (κ2) is 5.27. The Morgan fingerprint density at radius 3 is 2.75 bits per heavy atom. The molecular formula is C10H11BrN4S. The highest BCUT2D eigenvalue weighted by molar-refractivity contribution is 9.11. The van der Waals surface area contributed by atoms with E-state index in [0.29, 0.717) is 5.82 Å². The summed E-state index contributed by atoms with van der Waals surface area (Å²) in [5, 5.41) is 10.9. The van der Waals surface area contributed by atoms with Crippen LogP contribution < -0.4 is 11.1 Å². The van der Waals surface area contributed by atoms with Crippen LogP contribution in [0.3, 0.4) is 0 Å². The molecule has 4 nitrogen and oxygen atoms in total. The first-order valence-electron chi connectivity index (χ1n) is 4.81. The molecule has 0 fully saturated rings. The quantitative estimate of drug-likeness (QED) is 0.910. The van der Waals surface area contributed by atoms with Crippen molar-refractivity contribution in [2.24, 2.45) is 0 Å². The van der Waals surface area contributed by atoms with E-state index in [0.717, 1.165) is 22.6 Å². The van der Waals surface area contributed by atoms with E-state index in [1.807, 2.05) is 6.07 Å². The summed E-state index contributed by atoms with van der Waals surface area (Å²) in [4.78, 5) is 1.34. The molecule has 0 unspecified atom stereocenters. The molecule has 0 spiro atoms. The van der Waals surface area contributed by atoms with Gasteiger partial charge in [0.05, 0.1) is 3.79 Å². The van der Waals surface area contributed by atoms with Crippen LogP contribution in [-0.2, 0) is 6.42 Å². The van der Waals surface area contributed by atoms with Gasteiger partial charge >= 0.3 is 0 Å². The molecule has 16 heavy (non-hydrogen) atoms. The molecule has 2 aromatic heterocycles. The van der Waals surface area contributed by atoms with E-state index in [-0.39, 0.29) is 0 Å². The molecule has 0 aliphatic rings. The Bertz CT molecular complexity index is 454. The molecular weight excluding hydrogens is 288 g/mol. The summed E-state index contributed by atoms with van der Waals surface area (Å²) in [7, 11) is 0. The van der Waals surface area contributed by atoms with Crippen molar-refractivity contribution in [3.8, 4) is 0 Å². The van der Waals surface area contributed by atoms with Crippen LogP contribution in [0.5, 0.6) is 0 Å². The van der Waals surface area contributed by atoms with Crippen molar-refractivity contribution >= 4 is 38.9 Å². The number of hydrogen-bond donors (Lipinski definition) is 2. The summed E-state index contributed by atoms with van der Waals surface area (Å²) >= 11 is 5.18. The lowest BCUT2D eigenvalue weighted by atomic mass is 10.3. The van der Waals surface area contributed by atoms with Crippen LogP contribution in [-0.4, -0.2) is 16.7 Å². The van der Waals surface area contributed by atoms with E-state index in [9.17, 15) is 0 Å². The Kier molecular flexibility index (Phi) is 3.74. The predicted octanol–water partition coefficient (Wildman–Crippen LogP) is 2.54. The molecule has 2 rings (SSSR count). The summed E-state index contributed by atoms with van der Waals surface area (Å²) in [6, 6.07) is 7.73. The molecule has 0 bridgehead atoms. The molecule has 0 saturated heterocycles. The molecule has 0 saturated carbocycles. The lowest BCUT2D eigenvalue weighted by Gasteiger charge is -2.03. The Hall–Kier alpha value is -1.14. The Balaban J connectivity index is 1.82. The third-order valence-corrected chi connectivity index (χ3v) is 3.67. The maximum absolute atomic E-state index is 5.44. The number of nitrogens with one attached hydrogen (secondary N) is 1. The highest BCUT2D eigenvalue weighted by Gasteiger charge is 1.98. The van der Waals surface area contributed by atoms with Crippen LogP contribution in [0.15, 0.2) is 28.1 Å². The summed E-state index contributed by atoms with van der Waals surface area (Å²) in [6.45, 7) is 0.839. The fraction of sp³-hybridized carbons (Fsp3) is 0.200. The number of nitrogens with zero attached hydrogens (tertiary/aromatic N) is 2. The van der Waals surface area contributed by atoms with Crippen molar-refractivity contribution in [2.75, 3.05) is 17.6 Å². The molecule has 0 amide bonds. The monoisotopic (exact) mass is 298 g/mol. The van der Waals surface area contributed by atoms with Crippen molar-refractivity contribution in [2.45, 2.75) is 6.42 Å². The summed E-state index contributed by atoms with van der Waals surface area (Å²) in [6.07, 6.45) is 0.975. The average Bonchev–Trinajstić information content (AvgIpc) is 2.67. The third kappa shape index (κ3) is 3.18. The van der Waals surface area contributed by atoms with Gasteiger partial charge in [-0.1, -0.05) is 0 Å². The van der Waals surface area contributed by atoms with E-state index < -0.39 is 0 Å². The van der Waals surface area contributed by atoms with Crippen LogP contribution in [0.25, 0.3) is 0 Å². The smallest absolute Gasteiger partial charge is 0.148 e. The Labute approximate surface area is 106 Å². The van der Waals surface area contributed by atoms with E-state index in [4.69, 9.17) is 5.73 Å². The van der Waals surface area contributed by atoms with Crippen molar-refractivity contribution in [3.05, 3.63) is 32.9 Å². The number of halogens is 1. The minimum atomic E-state index is 0.438. The first kappa shape index (κ1) is 11.3. The van der Waals surface area contributed by atoms with Crippen molar-refractivity contribution in [1.29, 1.82) is 0 Å². The molecule has 0 atom stereocenters. The lowest BCUT2D eigenvalue weighted by Crippen LogP contribution is -2.06. The maximum Gasteiger partial charge on any atom is 0.148 e. The molecule has 2 aromatic rings. The van der Waals surface area contributed by atoms with Crippen molar-refractivity contribution in [3.63, 3.8) is 0 Å².